The van der Waals surface area contributed by atoms with Crippen LogP contribution in [-0.4, -0.2) is 0 Å². The van der Waals surface area contributed by atoms with E-state index in [4.69, 9.17) is 4.74 Å². The van der Waals surface area contributed by atoms with Crippen LogP contribution in [0.15, 0.2) is 24.4 Å². The van der Waals surface area contributed by atoms with Crippen molar-refractivity contribution in [2.75, 3.05) is 0 Å². The molecular weight excluding hydrogens is 282 g/mol. The van der Waals surface area contributed by atoms with Gasteiger partial charge in [-0.15, -0.1) is 0 Å². The van der Waals surface area contributed by atoms with Crippen LogP contribution in [0.25, 0.3) is 0 Å². The number of unbranched alkanes of at least 4 members (excludes halogenated alkanes) is 9. The molecule has 0 atom stereocenters. The lowest BCUT2D eigenvalue weighted by molar-refractivity contribution is 0.161. The van der Waals surface area contributed by atoms with Gasteiger partial charge in [0.25, 0.3) is 0 Å². The molecule has 1 N–H and O–H groups in total. The number of rotatable bonds is 14. The van der Waals surface area contributed by atoms with Gasteiger partial charge in [-0.2, -0.15) is 0 Å². The lowest BCUT2D eigenvalue weighted by Gasteiger charge is -2.31. The van der Waals surface area contributed by atoms with Crippen LogP contribution in [0.5, 0.6) is 0 Å². The Labute approximate surface area is 144 Å². The SMILES string of the molecule is C=C1NC=C(C(CC)(CC)CCCCCCCCCCCC)O1. The van der Waals surface area contributed by atoms with Crippen molar-refractivity contribution in [1.82, 2.24) is 5.32 Å². The van der Waals surface area contributed by atoms with Gasteiger partial charge >= 0.3 is 0 Å². The third-order valence-electron chi connectivity index (χ3n) is 5.48. The Morgan fingerprint density at radius 3 is 1.83 bits per heavy atom. The molecule has 0 radical (unpaired) electrons. The van der Waals surface area contributed by atoms with Gasteiger partial charge in [0, 0.05) is 11.6 Å². The highest BCUT2D eigenvalue weighted by molar-refractivity contribution is 5.16. The van der Waals surface area contributed by atoms with Crippen LogP contribution in [0.2, 0.25) is 0 Å². The fourth-order valence-corrected chi connectivity index (χ4v) is 3.63. The highest BCUT2D eigenvalue weighted by atomic mass is 16.5. The number of hydrogen-bond acceptors (Lipinski definition) is 2. The molecule has 1 heterocycles. The molecule has 0 bridgehead atoms. The van der Waals surface area contributed by atoms with E-state index in [9.17, 15) is 0 Å². The molecule has 0 fully saturated rings. The lowest BCUT2D eigenvalue weighted by atomic mass is 9.76. The molecule has 0 saturated carbocycles. The van der Waals surface area contributed by atoms with E-state index in [1.165, 1.54) is 70.6 Å². The van der Waals surface area contributed by atoms with Crippen LogP contribution in [0.4, 0.5) is 0 Å². The van der Waals surface area contributed by atoms with Gasteiger partial charge in [0.15, 0.2) is 5.88 Å². The highest BCUT2D eigenvalue weighted by Crippen LogP contribution is 2.42. The number of allylic oxidation sites excluding steroid dienone is 1. The van der Waals surface area contributed by atoms with E-state index in [1.807, 2.05) is 6.20 Å². The van der Waals surface area contributed by atoms with Gasteiger partial charge in [-0.3, -0.25) is 0 Å². The maximum atomic E-state index is 5.81. The smallest absolute Gasteiger partial charge is 0.189 e. The first-order valence-electron chi connectivity index (χ1n) is 10.0. The van der Waals surface area contributed by atoms with Crippen LogP contribution in [0.3, 0.4) is 0 Å². The molecule has 0 amide bonds. The first-order valence-corrected chi connectivity index (χ1v) is 10.0. The molecule has 0 aromatic carbocycles. The highest BCUT2D eigenvalue weighted by Gasteiger charge is 2.34. The maximum absolute atomic E-state index is 5.81. The molecule has 2 nitrogen and oxygen atoms in total. The standard InChI is InChI=1S/C21H39NO/c1-5-8-9-10-11-12-13-14-15-16-17-21(6-2,7-3)20-18-22-19(4)23-20/h18,22H,4-17H2,1-3H3. The van der Waals surface area contributed by atoms with E-state index in [2.05, 4.69) is 32.7 Å². The normalized spacial score (nSPS) is 14.6. The van der Waals surface area contributed by atoms with Gasteiger partial charge in [0.05, 0.1) is 0 Å². The van der Waals surface area contributed by atoms with Crippen molar-refractivity contribution in [3.63, 3.8) is 0 Å². The zero-order valence-electron chi connectivity index (χ0n) is 15.9. The quantitative estimate of drug-likeness (QED) is 0.346. The molecule has 1 aliphatic rings. The van der Waals surface area contributed by atoms with Gasteiger partial charge in [0.1, 0.15) is 5.76 Å². The van der Waals surface area contributed by atoms with Gasteiger partial charge in [-0.25, -0.2) is 0 Å². The second-order valence-corrected chi connectivity index (χ2v) is 7.10. The number of hydrogen-bond donors (Lipinski definition) is 1. The van der Waals surface area contributed by atoms with Crippen LogP contribution < -0.4 is 5.32 Å². The van der Waals surface area contributed by atoms with Crippen molar-refractivity contribution in [3.05, 3.63) is 24.4 Å². The summed E-state index contributed by atoms with van der Waals surface area (Å²) in [6.45, 7) is 10.7. The minimum atomic E-state index is 0.201. The van der Waals surface area contributed by atoms with Crippen LogP contribution >= 0.6 is 0 Å². The van der Waals surface area contributed by atoms with Crippen molar-refractivity contribution < 1.29 is 4.74 Å². The van der Waals surface area contributed by atoms with Gasteiger partial charge < -0.3 is 10.1 Å². The average molecular weight is 322 g/mol. The molecule has 0 spiro atoms. The fraction of sp³-hybridized carbons (Fsp3) is 0.810. The molecule has 1 rings (SSSR count). The minimum absolute atomic E-state index is 0.201. The Balaban J connectivity index is 2.15. The number of nitrogens with one attached hydrogen (secondary N) is 1. The topological polar surface area (TPSA) is 21.3 Å². The summed E-state index contributed by atoms with van der Waals surface area (Å²) >= 11 is 0. The Bertz CT molecular complexity index is 355. The summed E-state index contributed by atoms with van der Waals surface area (Å²) in [6, 6.07) is 0. The van der Waals surface area contributed by atoms with E-state index in [0.29, 0.717) is 5.88 Å². The Morgan fingerprint density at radius 1 is 0.870 bits per heavy atom. The molecular formula is C21H39NO. The summed E-state index contributed by atoms with van der Waals surface area (Å²) in [5, 5.41) is 3.10. The second kappa shape index (κ2) is 11.6. The van der Waals surface area contributed by atoms with Crippen LogP contribution in [0.1, 0.15) is 104 Å². The second-order valence-electron chi connectivity index (χ2n) is 7.10. The van der Waals surface area contributed by atoms with Gasteiger partial charge in [-0.05, 0) is 25.8 Å². The molecule has 0 aliphatic carbocycles. The molecule has 0 unspecified atom stereocenters. The van der Waals surface area contributed by atoms with Crippen molar-refractivity contribution >= 4 is 0 Å². The van der Waals surface area contributed by atoms with Crippen LogP contribution in [0, 0.1) is 5.41 Å². The monoisotopic (exact) mass is 321 g/mol. The molecule has 2 heteroatoms. The molecule has 1 aliphatic heterocycles. The summed E-state index contributed by atoms with van der Waals surface area (Å²) < 4.78 is 5.81. The van der Waals surface area contributed by atoms with E-state index >= 15 is 0 Å². The molecule has 23 heavy (non-hydrogen) atoms. The maximum Gasteiger partial charge on any atom is 0.189 e. The predicted octanol–water partition coefficient (Wildman–Crippen LogP) is 7.04. The van der Waals surface area contributed by atoms with Gasteiger partial charge in [0.2, 0.25) is 0 Å². The average Bonchev–Trinajstić information content (AvgIpc) is 3.00. The predicted molar refractivity (Wildman–Crippen MR) is 101 cm³/mol. The third-order valence-corrected chi connectivity index (χ3v) is 5.48. The summed E-state index contributed by atoms with van der Waals surface area (Å²) in [4.78, 5) is 0. The summed E-state index contributed by atoms with van der Waals surface area (Å²) in [7, 11) is 0. The Morgan fingerprint density at radius 2 is 1.39 bits per heavy atom. The molecule has 0 aromatic rings. The van der Waals surface area contributed by atoms with E-state index in [0.717, 1.165) is 18.6 Å². The third kappa shape index (κ3) is 7.01. The Hall–Kier alpha value is -0.920. The largest absolute Gasteiger partial charge is 0.444 e. The zero-order chi connectivity index (χ0) is 17.0. The lowest BCUT2D eigenvalue weighted by Crippen LogP contribution is -2.22. The van der Waals surface area contributed by atoms with E-state index in [-0.39, 0.29) is 5.41 Å². The first-order chi connectivity index (χ1) is 11.2. The minimum Gasteiger partial charge on any atom is -0.444 e. The van der Waals surface area contributed by atoms with Crippen molar-refractivity contribution in [3.8, 4) is 0 Å². The van der Waals surface area contributed by atoms with E-state index < -0.39 is 0 Å². The van der Waals surface area contributed by atoms with Gasteiger partial charge in [-0.1, -0.05) is 85.0 Å². The van der Waals surface area contributed by atoms with Crippen molar-refractivity contribution in [1.29, 1.82) is 0 Å². The molecule has 0 saturated heterocycles. The summed E-state index contributed by atoms with van der Waals surface area (Å²) in [6.07, 6.45) is 19.5. The van der Waals surface area contributed by atoms with Crippen LogP contribution in [-0.2, 0) is 4.74 Å². The van der Waals surface area contributed by atoms with Crippen molar-refractivity contribution in [2.45, 2.75) is 104 Å². The van der Waals surface area contributed by atoms with E-state index in [1.54, 1.807) is 0 Å². The molecule has 0 aromatic heterocycles. The summed E-state index contributed by atoms with van der Waals surface area (Å²) in [5.41, 5.74) is 0.201. The Kier molecular flexibility index (Phi) is 10.1. The number of ether oxygens (including phenoxy) is 1. The zero-order valence-corrected chi connectivity index (χ0v) is 15.9. The van der Waals surface area contributed by atoms with Crippen molar-refractivity contribution in [2.24, 2.45) is 5.41 Å². The summed E-state index contributed by atoms with van der Waals surface area (Å²) in [5.74, 6) is 1.78. The molecule has 134 valence electrons. The fourth-order valence-electron chi connectivity index (χ4n) is 3.63. The first kappa shape index (κ1) is 20.1.